The number of hydrogen-bond donors (Lipinski definition) is 1. The highest BCUT2D eigenvalue weighted by molar-refractivity contribution is 7.99. The van der Waals surface area contributed by atoms with Crippen LogP contribution in [0.5, 0.6) is 0 Å². The van der Waals surface area contributed by atoms with Crippen molar-refractivity contribution < 1.29 is 0 Å². The molecule has 0 aromatic heterocycles. The van der Waals surface area contributed by atoms with Crippen LogP contribution in [0.3, 0.4) is 0 Å². The van der Waals surface area contributed by atoms with Crippen LogP contribution in [0.1, 0.15) is 16.5 Å². The van der Waals surface area contributed by atoms with Crippen LogP contribution >= 0.6 is 23.4 Å². The first-order valence-electron chi connectivity index (χ1n) is 6.79. The van der Waals surface area contributed by atoms with Crippen LogP contribution in [0.25, 0.3) is 0 Å². The average Bonchev–Trinajstić information content (AvgIpc) is 2.88. The van der Waals surface area contributed by atoms with Gasteiger partial charge in [0.2, 0.25) is 0 Å². The van der Waals surface area contributed by atoms with Gasteiger partial charge in [0.25, 0.3) is 0 Å². The summed E-state index contributed by atoms with van der Waals surface area (Å²) in [5.41, 5.74) is 3.86. The number of nitrogens with zero attached hydrogens (tertiary/aromatic N) is 1. The van der Waals surface area contributed by atoms with Crippen molar-refractivity contribution in [3.8, 4) is 0 Å². The molecule has 0 aliphatic carbocycles. The summed E-state index contributed by atoms with van der Waals surface area (Å²) in [6.07, 6.45) is 0.399. The van der Waals surface area contributed by atoms with Crippen molar-refractivity contribution in [2.45, 2.75) is 18.1 Å². The van der Waals surface area contributed by atoms with Gasteiger partial charge in [0.05, 0.1) is 11.5 Å². The summed E-state index contributed by atoms with van der Waals surface area (Å²) in [6, 6.07) is 16.8. The molecule has 1 N–H and O–H groups in total. The van der Waals surface area contributed by atoms with Gasteiger partial charge in [-0.2, -0.15) is 0 Å². The lowest BCUT2D eigenvalue weighted by atomic mass is 10.1. The van der Waals surface area contributed by atoms with Crippen LogP contribution < -0.4 is 5.32 Å². The molecular formula is C16H15ClN2S. The second-order valence-electron chi connectivity index (χ2n) is 5.20. The van der Waals surface area contributed by atoms with Gasteiger partial charge in [0.15, 0.2) is 0 Å². The Hall–Kier alpha value is -1.16. The second-order valence-corrected chi connectivity index (χ2v) is 6.72. The summed E-state index contributed by atoms with van der Waals surface area (Å²) in [5.74, 6) is 1.09. The molecule has 2 nitrogen and oxygen atoms in total. The molecule has 4 rings (SSSR count). The lowest BCUT2D eigenvalue weighted by molar-refractivity contribution is 0.214. The second kappa shape index (κ2) is 4.99. The lowest BCUT2D eigenvalue weighted by Crippen LogP contribution is -2.41. The first-order chi connectivity index (χ1) is 9.83. The highest BCUT2D eigenvalue weighted by Crippen LogP contribution is 2.46. The van der Waals surface area contributed by atoms with E-state index in [2.05, 4.69) is 46.6 Å². The summed E-state index contributed by atoms with van der Waals surface area (Å²) < 4.78 is 0. The van der Waals surface area contributed by atoms with Gasteiger partial charge >= 0.3 is 0 Å². The number of halogens is 1. The fourth-order valence-electron chi connectivity index (χ4n) is 2.97. The molecule has 2 aromatic rings. The van der Waals surface area contributed by atoms with Crippen molar-refractivity contribution in [2.24, 2.45) is 0 Å². The highest BCUT2D eigenvalue weighted by Gasteiger charge is 2.38. The molecule has 20 heavy (non-hydrogen) atoms. The smallest absolute Gasteiger partial charge is 0.0901 e. The third-order valence-electron chi connectivity index (χ3n) is 3.98. The Kier molecular flexibility index (Phi) is 3.14. The Morgan fingerprint density at radius 2 is 1.90 bits per heavy atom. The molecule has 102 valence electrons. The predicted octanol–water partition coefficient (Wildman–Crippen LogP) is 4.34. The molecule has 2 aliphatic rings. The highest BCUT2D eigenvalue weighted by atomic mass is 35.5. The van der Waals surface area contributed by atoms with Crippen LogP contribution in [0.15, 0.2) is 48.5 Å². The van der Waals surface area contributed by atoms with Crippen LogP contribution in [0.4, 0.5) is 5.69 Å². The van der Waals surface area contributed by atoms with Gasteiger partial charge in [-0.3, -0.25) is 4.90 Å². The van der Waals surface area contributed by atoms with Gasteiger partial charge in [-0.15, -0.1) is 11.8 Å². The zero-order valence-electron chi connectivity index (χ0n) is 10.9. The molecule has 2 atom stereocenters. The molecule has 2 aromatic carbocycles. The molecule has 1 fully saturated rings. The minimum absolute atomic E-state index is 0.342. The van der Waals surface area contributed by atoms with E-state index in [4.69, 9.17) is 11.6 Å². The Bertz CT molecular complexity index is 646. The monoisotopic (exact) mass is 302 g/mol. The Morgan fingerprint density at radius 1 is 1.10 bits per heavy atom. The number of hydrogen-bond acceptors (Lipinski definition) is 3. The van der Waals surface area contributed by atoms with Crippen molar-refractivity contribution in [2.75, 3.05) is 11.1 Å². The van der Waals surface area contributed by atoms with E-state index in [9.17, 15) is 0 Å². The van der Waals surface area contributed by atoms with E-state index in [1.165, 1.54) is 16.8 Å². The summed E-state index contributed by atoms with van der Waals surface area (Å²) in [6.45, 7) is 0.983. The first-order valence-corrected chi connectivity index (χ1v) is 8.22. The molecule has 0 unspecified atom stereocenters. The quantitative estimate of drug-likeness (QED) is 0.843. The summed E-state index contributed by atoms with van der Waals surface area (Å²) in [4.78, 5) is 2.51. The van der Waals surface area contributed by atoms with E-state index in [0.717, 1.165) is 17.3 Å². The molecule has 0 saturated carbocycles. The van der Waals surface area contributed by atoms with Crippen LogP contribution in [-0.2, 0) is 6.54 Å². The zero-order valence-corrected chi connectivity index (χ0v) is 12.5. The zero-order chi connectivity index (χ0) is 13.5. The van der Waals surface area contributed by atoms with Crippen molar-refractivity contribution in [1.82, 2.24) is 4.90 Å². The number of para-hydroxylation sites is 1. The van der Waals surface area contributed by atoms with Gasteiger partial charge in [0.1, 0.15) is 0 Å². The Balaban J connectivity index is 1.69. The SMILES string of the molecule is Clc1ccccc1[C@H]1SC[C@@H]2Nc3ccccc3CN21. The van der Waals surface area contributed by atoms with E-state index in [-0.39, 0.29) is 0 Å². The average molecular weight is 303 g/mol. The molecule has 0 amide bonds. The Morgan fingerprint density at radius 3 is 2.80 bits per heavy atom. The molecule has 1 saturated heterocycles. The normalized spacial score (nSPS) is 24.9. The fraction of sp³-hybridized carbons (Fsp3) is 0.250. The molecule has 0 bridgehead atoms. The van der Waals surface area contributed by atoms with E-state index in [0.29, 0.717) is 11.5 Å². The molecule has 2 heterocycles. The van der Waals surface area contributed by atoms with Gasteiger partial charge in [-0.1, -0.05) is 48.0 Å². The van der Waals surface area contributed by atoms with E-state index in [1.54, 1.807) is 0 Å². The molecule has 2 aliphatic heterocycles. The summed E-state index contributed by atoms with van der Waals surface area (Å²) in [7, 11) is 0. The van der Waals surface area contributed by atoms with E-state index in [1.807, 2.05) is 23.9 Å². The predicted molar refractivity (Wildman–Crippen MR) is 86.0 cm³/mol. The lowest BCUT2D eigenvalue weighted by Gasteiger charge is -2.35. The Labute approximate surface area is 128 Å². The van der Waals surface area contributed by atoms with Crippen molar-refractivity contribution in [1.29, 1.82) is 0 Å². The maximum atomic E-state index is 6.38. The van der Waals surface area contributed by atoms with Crippen molar-refractivity contribution >= 4 is 29.1 Å². The standard InChI is InChI=1S/C16H15ClN2S/c17-13-7-3-2-6-12(13)16-19-9-11-5-1-4-8-14(11)18-15(19)10-20-16/h1-8,15-16,18H,9-10H2/t15-,16-/m1/s1. The molecule has 4 heteroatoms. The first kappa shape index (κ1) is 12.6. The number of thioether (sulfide) groups is 1. The van der Waals surface area contributed by atoms with Gasteiger partial charge in [-0.05, 0) is 23.3 Å². The maximum Gasteiger partial charge on any atom is 0.0901 e. The van der Waals surface area contributed by atoms with E-state index < -0.39 is 0 Å². The van der Waals surface area contributed by atoms with Crippen molar-refractivity contribution in [3.05, 3.63) is 64.7 Å². The van der Waals surface area contributed by atoms with Crippen molar-refractivity contribution in [3.63, 3.8) is 0 Å². The largest absolute Gasteiger partial charge is 0.369 e. The fourth-order valence-corrected chi connectivity index (χ4v) is 4.72. The van der Waals surface area contributed by atoms with Crippen LogP contribution in [0.2, 0.25) is 5.02 Å². The topological polar surface area (TPSA) is 15.3 Å². The molecule has 0 spiro atoms. The number of rotatable bonds is 1. The number of anilines is 1. The third kappa shape index (κ3) is 2.01. The third-order valence-corrected chi connectivity index (χ3v) is 5.67. The summed E-state index contributed by atoms with van der Waals surface area (Å²) >= 11 is 8.34. The van der Waals surface area contributed by atoms with Gasteiger partial charge in [-0.25, -0.2) is 0 Å². The number of nitrogens with one attached hydrogen (secondary N) is 1. The molecular weight excluding hydrogens is 288 g/mol. The minimum atomic E-state index is 0.342. The summed E-state index contributed by atoms with van der Waals surface area (Å²) in [5, 5.41) is 4.85. The number of fused-ring (bicyclic) bond motifs is 2. The van der Waals surface area contributed by atoms with Crippen LogP contribution in [-0.4, -0.2) is 16.8 Å². The van der Waals surface area contributed by atoms with Gasteiger partial charge in [0, 0.05) is 23.0 Å². The van der Waals surface area contributed by atoms with Gasteiger partial charge < -0.3 is 5.32 Å². The molecule has 0 radical (unpaired) electrons. The van der Waals surface area contributed by atoms with Crippen LogP contribution in [0, 0.1) is 0 Å². The minimum Gasteiger partial charge on any atom is -0.369 e. The maximum absolute atomic E-state index is 6.38. The van der Waals surface area contributed by atoms with E-state index >= 15 is 0 Å². The number of benzene rings is 2.